The lowest BCUT2D eigenvalue weighted by atomic mass is 10.0. The topological polar surface area (TPSA) is 29.7 Å². The van der Waals surface area contributed by atoms with Crippen LogP contribution in [0.1, 0.15) is 25.2 Å². The van der Waals surface area contributed by atoms with Crippen molar-refractivity contribution >= 4 is 0 Å². The van der Waals surface area contributed by atoms with Crippen molar-refractivity contribution < 1.29 is 4.57 Å². The van der Waals surface area contributed by atoms with Crippen LogP contribution in [0.2, 0.25) is 0 Å². The molecule has 1 aromatic carbocycles. The molecule has 0 aliphatic carbocycles. The Bertz CT molecular complexity index is 836. The van der Waals surface area contributed by atoms with Gasteiger partial charge in [0.05, 0.1) is 0 Å². The second-order valence-corrected chi connectivity index (χ2v) is 6.71. The lowest BCUT2D eigenvalue weighted by molar-refractivity contribution is -0.659. The molecule has 0 aliphatic heterocycles. The van der Waals surface area contributed by atoms with E-state index in [0.29, 0.717) is 5.92 Å². The zero-order valence-corrected chi connectivity index (χ0v) is 14.8. The third kappa shape index (κ3) is 3.51. The first-order chi connectivity index (χ1) is 11.5. The van der Waals surface area contributed by atoms with Crippen LogP contribution >= 0.6 is 0 Å². The van der Waals surface area contributed by atoms with Gasteiger partial charge in [0, 0.05) is 41.6 Å². The summed E-state index contributed by atoms with van der Waals surface area (Å²) in [5.41, 5.74) is 5.92. The Balaban J connectivity index is 1.91. The summed E-state index contributed by atoms with van der Waals surface area (Å²) in [5, 5.41) is 0. The maximum absolute atomic E-state index is 4.50. The van der Waals surface area contributed by atoms with Gasteiger partial charge in [0.1, 0.15) is 12.9 Å². The monoisotopic (exact) mass is 318 g/mol. The molecule has 0 bridgehead atoms. The standard InChI is InChI=1S/C21H24N3/c1-15(2)11-21-22-12-18(13-23-21)17-9-10-20(24(4)14-17)19-8-6-5-7-16(19)3/h5-10,12-15H,11H2,1-4H3/q+1. The molecular formula is C21H24N3+. The summed E-state index contributed by atoms with van der Waals surface area (Å²) in [4.78, 5) is 9.00. The van der Waals surface area contributed by atoms with Gasteiger partial charge >= 0.3 is 0 Å². The first kappa shape index (κ1) is 16.3. The quantitative estimate of drug-likeness (QED) is 0.677. The summed E-state index contributed by atoms with van der Waals surface area (Å²) < 4.78 is 2.17. The number of hydrogen-bond donors (Lipinski definition) is 0. The molecule has 2 aromatic heterocycles. The van der Waals surface area contributed by atoms with E-state index in [0.717, 1.165) is 23.4 Å². The maximum Gasteiger partial charge on any atom is 0.212 e. The van der Waals surface area contributed by atoms with Crippen molar-refractivity contribution in [1.29, 1.82) is 0 Å². The summed E-state index contributed by atoms with van der Waals surface area (Å²) in [6.07, 6.45) is 6.91. The Labute approximate surface area is 144 Å². The largest absolute Gasteiger partial charge is 0.241 e. The van der Waals surface area contributed by atoms with E-state index < -0.39 is 0 Å². The van der Waals surface area contributed by atoms with E-state index in [2.05, 4.69) is 84.9 Å². The lowest BCUT2D eigenvalue weighted by Gasteiger charge is -2.07. The van der Waals surface area contributed by atoms with Crippen LogP contribution in [0.4, 0.5) is 0 Å². The van der Waals surface area contributed by atoms with Gasteiger partial charge in [-0.15, -0.1) is 0 Å². The minimum Gasteiger partial charge on any atom is -0.241 e. The van der Waals surface area contributed by atoms with Crippen LogP contribution < -0.4 is 4.57 Å². The maximum atomic E-state index is 4.50. The zero-order chi connectivity index (χ0) is 17.1. The molecule has 0 radical (unpaired) electrons. The van der Waals surface area contributed by atoms with Crippen LogP contribution in [-0.4, -0.2) is 9.97 Å². The number of benzene rings is 1. The number of nitrogens with zero attached hydrogens (tertiary/aromatic N) is 3. The van der Waals surface area contributed by atoms with Crippen molar-refractivity contribution in [3.63, 3.8) is 0 Å². The Hall–Kier alpha value is -2.55. The fraction of sp³-hybridized carbons (Fsp3) is 0.286. The van der Waals surface area contributed by atoms with Gasteiger partial charge in [-0.25, -0.2) is 14.5 Å². The lowest BCUT2D eigenvalue weighted by Crippen LogP contribution is -2.30. The molecule has 0 amide bonds. The normalized spacial score (nSPS) is 11.0. The molecule has 0 unspecified atom stereocenters. The fourth-order valence-electron chi connectivity index (χ4n) is 2.89. The van der Waals surface area contributed by atoms with E-state index in [9.17, 15) is 0 Å². The number of pyridine rings is 1. The SMILES string of the molecule is Cc1ccccc1-c1ccc(-c2cnc(CC(C)C)nc2)c[n+]1C. The summed E-state index contributed by atoms with van der Waals surface area (Å²) in [6.45, 7) is 6.51. The van der Waals surface area contributed by atoms with Gasteiger partial charge in [0.15, 0.2) is 6.20 Å². The van der Waals surface area contributed by atoms with Crippen LogP contribution in [0, 0.1) is 12.8 Å². The van der Waals surface area contributed by atoms with E-state index >= 15 is 0 Å². The first-order valence-corrected chi connectivity index (χ1v) is 8.41. The second kappa shape index (κ2) is 6.91. The molecule has 24 heavy (non-hydrogen) atoms. The van der Waals surface area contributed by atoms with E-state index in [4.69, 9.17) is 0 Å². The number of aryl methyl sites for hydroxylation is 2. The fourth-order valence-corrected chi connectivity index (χ4v) is 2.89. The van der Waals surface area contributed by atoms with Gasteiger partial charge in [0.2, 0.25) is 5.69 Å². The van der Waals surface area contributed by atoms with Gasteiger partial charge in [0.25, 0.3) is 0 Å². The van der Waals surface area contributed by atoms with Crippen molar-refractivity contribution in [1.82, 2.24) is 9.97 Å². The molecule has 0 spiro atoms. The van der Waals surface area contributed by atoms with Crippen LogP contribution in [-0.2, 0) is 13.5 Å². The molecule has 122 valence electrons. The van der Waals surface area contributed by atoms with E-state index in [1.54, 1.807) is 0 Å². The molecule has 2 heterocycles. The molecule has 0 saturated heterocycles. The van der Waals surface area contributed by atoms with Crippen molar-refractivity contribution in [2.75, 3.05) is 0 Å². The second-order valence-electron chi connectivity index (χ2n) is 6.71. The number of aromatic nitrogens is 3. The number of rotatable bonds is 4. The molecule has 0 aliphatic rings. The zero-order valence-electron chi connectivity index (χ0n) is 14.8. The minimum absolute atomic E-state index is 0.571. The van der Waals surface area contributed by atoms with Gasteiger partial charge in [-0.2, -0.15) is 0 Å². The van der Waals surface area contributed by atoms with Crippen molar-refractivity contribution in [3.05, 3.63) is 66.4 Å². The van der Waals surface area contributed by atoms with Crippen molar-refractivity contribution in [3.8, 4) is 22.4 Å². The Kier molecular flexibility index (Phi) is 4.70. The molecule has 0 fully saturated rings. The third-order valence-electron chi connectivity index (χ3n) is 4.18. The Morgan fingerprint density at radius 3 is 2.29 bits per heavy atom. The van der Waals surface area contributed by atoms with Crippen LogP contribution in [0.5, 0.6) is 0 Å². The highest BCUT2D eigenvalue weighted by Gasteiger charge is 2.13. The minimum atomic E-state index is 0.571. The summed E-state index contributed by atoms with van der Waals surface area (Å²) in [5.74, 6) is 1.48. The number of hydrogen-bond acceptors (Lipinski definition) is 2. The van der Waals surface area contributed by atoms with Gasteiger partial charge in [-0.1, -0.05) is 32.0 Å². The molecule has 3 nitrogen and oxygen atoms in total. The van der Waals surface area contributed by atoms with E-state index in [-0.39, 0.29) is 0 Å². The predicted octanol–water partition coefficient (Wildman–Crippen LogP) is 4.14. The highest BCUT2D eigenvalue weighted by atomic mass is 14.9. The van der Waals surface area contributed by atoms with E-state index in [1.807, 2.05) is 12.4 Å². The summed E-state index contributed by atoms with van der Waals surface area (Å²) in [6, 6.07) is 12.8. The third-order valence-corrected chi connectivity index (χ3v) is 4.18. The van der Waals surface area contributed by atoms with Gasteiger partial charge < -0.3 is 0 Å². The van der Waals surface area contributed by atoms with Crippen LogP contribution in [0.25, 0.3) is 22.4 Å². The van der Waals surface area contributed by atoms with Gasteiger partial charge in [-0.3, -0.25) is 0 Å². The van der Waals surface area contributed by atoms with Gasteiger partial charge in [-0.05, 0) is 30.5 Å². The molecule has 0 N–H and O–H groups in total. The van der Waals surface area contributed by atoms with Crippen molar-refractivity contribution in [2.45, 2.75) is 27.2 Å². The smallest absolute Gasteiger partial charge is 0.212 e. The molecule has 0 atom stereocenters. The average molecular weight is 318 g/mol. The first-order valence-electron chi connectivity index (χ1n) is 8.41. The highest BCUT2D eigenvalue weighted by Crippen LogP contribution is 2.23. The summed E-state index contributed by atoms with van der Waals surface area (Å²) in [7, 11) is 2.08. The Morgan fingerprint density at radius 1 is 0.958 bits per heavy atom. The molecule has 3 rings (SSSR count). The average Bonchev–Trinajstić information content (AvgIpc) is 2.56. The Morgan fingerprint density at radius 2 is 1.67 bits per heavy atom. The molecule has 3 aromatic rings. The molecular weight excluding hydrogens is 294 g/mol. The highest BCUT2D eigenvalue weighted by molar-refractivity contribution is 5.65. The molecule has 3 heteroatoms. The van der Waals surface area contributed by atoms with Crippen LogP contribution in [0.15, 0.2) is 55.0 Å². The van der Waals surface area contributed by atoms with Crippen LogP contribution in [0.3, 0.4) is 0 Å². The van der Waals surface area contributed by atoms with E-state index in [1.165, 1.54) is 16.8 Å². The summed E-state index contributed by atoms with van der Waals surface area (Å²) >= 11 is 0. The van der Waals surface area contributed by atoms with Crippen molar-refractivity contribution in [2.24, 2.45) is 13.0 Å². The predicted molar refractivity (Wildman–Crippen MR) is 97.4 cm³/mol. The molecule has 0 saturated carbocycles.